The van der Waals surface area contributed by atoms with Crippen LogP contribution in [-0.2, 0) is 13.1 Å². The highest BCUT2D eigenvalue weighted by Gasteiger charge is 2.19. The predicted octanol–water partition coefficient (Wildman–Crippen LogP) is 1.03. The van der Waals surface area contributed by atoms with Crippen molar-refractivity contribution in [3.8, 4) is 0 Å². The molecule has 0 saturated heterocycles. The van der Waals surface area contributed by atoms with E-state index in [1.807, 2.05) is 18.0 Å². The van der Waals surface area contributed by atoms with Gasteiger partial charge in [0.15, 0.2) is 0 Å². The van der Waals surface area contributed by atoms with E-state index in [0.29, 0.717) is 12.6 Å². The zero-order chi connectivity index (χ0) is 12.8. The van der Waals surface area contributed by atoms with E-state index in [-0.39, 0.29) is 6.61 Å². The van der Waals surface area contributed by atoms with Crippen molar-refractivity contribution < 1.29 is 5.11 Å². The SMILES string of the molecule is CSC1CCC(NCc2cn(CCO)nn2)CC1. The Balaban J connectivity index is 1.71. The number of aromatic nitrogens is 3. The molecule has 2 rings (SSSR count). The van der Waals surface area contributed by atoms with E-state index < -0.39 is 0 Å². The van der Waals surface area contributed by atoms with Crippen LogP contribution in [0.25, 0.3) is 0 Å². The fourth-order valence-electron chi connectivity index (χ4n) is 2.38. The van der Waals surface area contributed by atoms with Crippen LogP contribution >= 0.6 is 11.8 Å². The fourth-order valence-corrected chi connectivity index (χ4v) is 3.13. The minimum absolute atomic E-state index is 0.106. The molecule has 1 aromatic rings. The van der Waals surface area contributed by atoms with E-state index in [1.54, 1.807) is 4.68 Å². The molecule has 1 aliphatic rings. The van der Waals surface area contributed by atoms with E-state index in [2.05, 4.69) is 21.9 Å². The molecule has 0 bridgehead atoms. The van der Waals surface area contributed by atoms with Gasteiger partial charge in [0, 0.05) is 24.0 Å². The monoisotopic (exact) mass is 270 g/mol. The van der Waals surface area contributed by atoms with Crippen LogP contribution in [0.4, 0.5) is 0 Å². The third kappa shape index (κ3) is 3.96. The highest BCUT2D eigenvalue weighted by molar-refractivity contribution is 7.99. The summed E-state index contributed by atoms with van der Waals surface area (Å²) in [6.45, 7) is 1.40. The van der Waals surface area contributed by atoms with Crippen LogP contribution in [0.2, 0.25) is 0 Å². The lowest BCUT2D eigenvalue weighted by atomic mass is 9.95. The Bertz CT molecular complexity index is 350. The summed E-state index contributed by atoms with van der Waals surface area (Å²) in [5, 5.41) is 21.3. The standard InChI is InChI=1S/C12H22N4OS/c1-18-12-4-2-10(3-5-12)13-8-11-9-16(6-7-17)15-14-11/h9-10,12-13,17H,2-8H2,1H3. The molecule has 0 aliphatic heterocycles. The van der Waals surface area contributed by atoms with Crippen LogP contribution < -0.4 is 5.32 Å². The van der Waals surface area contributed by atoms with Crippen molar-refractivity contribution in [2.75, 3.05) is 12.9 Å². The molecule has 0 spiro atoms. The van der Waals surface area contributed by atoms with Crippen molar-refractivity contribution >= 4 is 11.8 Å². The van der Waals surface area contributed by atoms with Gasteiger partial charge in [0.25, 0.3) is 0 Å². The van der Waals surface area contributed by atoms with E-state index >= 15 is 0 Å². The maximum absolute atomic E-state index is 8.80. The molecule has 1 aromatic heterocycles. The van der Waals surface area contributed by atoms with Gasteiger partial charge in [-0.2, -0.15) is 11.8 Å². The van der Waals surface area contributed by atoms with E-state index in [0.717, 1.165) is 17.5 Å². The first-order valence-corrected chi connectivity index (χ1v) is 7.86. The Labute approximate surface area is 112 Å². The highest BCUT2D eigenvalue weighted by atomic mass is 32.2. The van der Waals surface area contributed by atoms with Crippen molar-refractivity contribution in [2.24, 2.45) is 0 Å². The summed E-state index contributed by atoms with van der Waals surface area (Å²) in [5.74, 6) is 0. The van der Waals surface area contributed by atoms with Crippen molar-refractivity contribution in [2.45, 2.75) is 50.1 Å². The molecule has 0 unspecified atom stereocenters. The van der Waals surface area contributed by atoms with Gasteiger partial charge < -0.3 is 10.4 Å². The molecule has 0 radical (unpaired) electrons. The number of thioether (sulfide) groups is 1. The van der Waals surface area contributed by atoms with Gasteiger partial charge in [-0.25, -0.2) is 4.68 Å². The number of nitrogens with one attached hydrogen (secondary N) is 1. The van der Waals surface area contributed by atoms with Crippen molar-refractivity contribution in [3.63, 3.8) is 0 Å². The summed E-state index contributed by atoms with van der Waals surface area (Å²) >= 11 is 1.99. The summed E-state index contributed by atoms with van der Waals surface area (Å²) in [4.78, 5) is 0. The van der Waals surface area contributed by atoms with Crippen molar-refractivity contribution in [1.82, 2.24) is 20.3 Å². The number of hydrogen-bond acceptors (Lipinski definition) is 5. The molecule has 18 heavy (non-hydrogen) atoms. The fraction of sp³-hybridized carbons (Fsp3) is 0.833. The van der Waals surface area contributed by atoms with Crippen LogP contribution in [0.1, 0.15) is 31.4 Å². The predicted molar refractivity (Wildman–Crippen MR) is 73.5 cm³/mol. The number of rotatable bonds is 6. The van der Waals surface area contributed by atoms with Crippen molar-refractivity contribution in [3.05, 3.63) is 11.9 Å². The smallest absolute Gasteiger partial charge is 0.0964 e. The molecular weight excluding hydrogens is 248 g/mol. The zero-order valence-electron chi connectivity index (χ0n) is 10.9. The van der Waals surface area contributed by atoms with E-state index in [1.165, 1.54) is 25.7 Å². The van der Waals surface area contributed by atoms with Gasteiger partial charge in [0.2, 0.25) is 0 Å². The second kappa shape index (κ2) is 7.11. The lowest BCUT2D eigenvalue weighted by molar-refractivity contribution is 0.268. The van der Waals surface area contributed by atoms with Gasteiger partial charge in [-0.3, -0.25) is 0 Å². The highest BCUT2D eigenvalue weighted by Crippen LogP contribution is 2.26. The van der Waals surface area contributed by atoms with Gasteiger partial charge in [-0.1, -0.05) is 5.21 Å². The lowest BCUT2D eigenvalue weighted by Gasteiger charge is -2.27. The van der Waals surface area contributed by atoms with E-state index in [9.17, 15) is 0 Å². The second-order valence-corrected chi connectivity index (χ2v) is 5.92. The number of nitrogens with zero attached hydrogens (tertiary/aromatic N) is 3. The molecule has 0 aromatic carbocycles. The summed E-state index contributed by atoms with van der Waals surface area (Å²) in [5.41, 5.74) is 0.954. The Kier molecular flexibility index (Phi) is 5.46. The van der Waals surface area contributed by atoms with Gasteiger partial charge in [-0.05, 0) is 31.9 Å². The largest absolute Gasteiger partial charge is 0.394 e. The van der Waals surface area contributed by atoms with Crippen LogP contribution in [0.3, 0.4) is 0 Å². The molecular formula is C12H22N4OS. The second-order valence-electron chi connectivity index (χ2n) is 4.79. The first kappa shape index (κ1) is 13.8. The third-order valence-corrected chi connectivity index (χ3v) is 4.63. The van der Waals surface area contributed by atoms with Gasteiger partial charge in [-0.15, -0.1) is 5.10 Å². The average Bonchev–Trinajstić information content (AvgIpc) is 2.85. The maximum atomic E-state index is 8.80. The van der Waals surface area contributed by atoms with Crippen molar-refractivity contribution in [1.29, 1.82) is 0 Å². The third-order valence-electron chi connectivity index (χ3n) is 3.49. The van der Waals surface area contributed by atoms with Gasteiger partial charge >= 0.3 is 0 Å². The number of aliphatic hydroxyl groups is 1. The molecule has 2 N–H and O–H groups in total. The molecule has 0 atom stereocenters. The first-order valence-electron chi connectivity index (χ1n) is 6.58. The summed E-state index contributed by atoms with van der Waals surface area (Å²) in [6.07, 6.45) is 9.26. The van der Waals surface area contributed by atoms with Crippen LogP contribution in [-0.4, -0.2) is 44.3 Å². The Morgan fingerprint density at radius 2 is 2.22 bits per heavy atom. The minimum atomic E-state index is 0.106. The molecule has 1 heterocycles. The average molecular weight is 270 g/mol. The molecule has 1 fully saturated rings. The summed E-state index contributed by atoms with van der Waals surface area (Å²) in [6, 6.07) is 0.622. The Morgan fingerprint density at radius 1 is 1.44 bits per heavy atom. The van der Waals surface area contributed by atoms with Crippen LogP contribution in [0, 0.1) is 0 Å². The van der Waals surface area contributed by atoms with Crippen LogP contribution in [0.15, 0.2) is 6.20 Å². The number of hydrogen-bond donors (Lipinski definition) is 2. The Morgan fingerprint density at radius 3 is 2.89 bits per heavy atom. The number of aliphatic hydroxyl groups excluding tert-OH is 1. The maximum Gasteiger partial charge on any atom is 0.0964 e. The molecule has 102 valence electrons. The Hall–Kier alpha value is -0.590. The quantitative estimate of drug-likeness (QED) is 0.808. The summed E-state index contributed by atoms with van der Waals surface area (Å²) < 4.78 is 1.68. The minimum Gasteiger partial charge on any atom is -0.394 e. The zero-order valence-corrected chi connectivity index (χ0v) is 11.7. The lowest BCUT2D eigenvalue weighted by Crippen LogP contribution is -2.33. The first-order chi connectivity index (χ1) is 8.81. The van der Waals surface area contributed by atoms with E-state index in [4.69, 9.17) is 5.11 Å². The molecule has 1 aliphatic carbocycles. The molecule has 6 heteroatoms. The van der Waals surface area contributed by atoms with Gasteiger partial charge in [0.1, 0.15) is 0 Å². The topological polar surface area (TPSA) is 63.0 Å². The molecule has 0 amide bonds. The molecule has 1 saturated carbocycles. The normalized spacial score (nSPS) is 24.3. The molecule has 5 nitrogen and oxygen atoms in total. The summed E-state index contributed by atoms with van der Waals surface area (Å²) in [7, 11) is 0. The van der Waals surface area contributed by atoms with Crippen LogP contribution in [0.5, 0.6) is 0 Å². The van der Waals surface area contributed by atoms with Gasteiger partial charge in [0.05, 0.1) is 18.8 Å².